The van der Waals surface area contributed by atoms with Crippen molar-refractivity contribution in [3.63, 3.8) is 0 Å². The lowest BCUT2D eigenvalue weighted by Crippen LogP contribution is -2.52. The van der Waals surface area contributed by atoms with Crippen molar-refractivity contribution >= 4 is 22.8 Å². The van der Waals surface area contributed by atoms with Gasteiger partial charge in [0.1, 0.15) is 11.1 Å². The third-order valence-corrected chi connectivity index (χ3v) is 4.92. The Balaban J connectivity index is 1.61. The molecule has 7 heteroatoms. The largest absolute Gasteiger partial charge is 0.422 e. The molecule has 0 bridgehead atoms. The standard InChI is InChI=1S/C20H25N3O4/c1-3-14(2)21-18(24)13-22-8-10-23(11-9-22)19(25)16-12-15-6-4-5-7-17(15)27-20(16)26/h4-7,12,14H,3,8-11,13H2,1-2H3,(H,21,24). The van der Waals surface area contributed by atoms with E-state index >= 15 is 0 Å². The fourth-order valence-electron chi connectivity index (χ4n) is 3.12. The lowest BCUT2D eigenvalue weighted by atomic mass is 10.1. The van der Waals surface area contributed by atoms with Crippen molar-refractivity contribution < 1.29 is 14.0 Å². The van der Waals surface area contributed by atoms with Crippen LogP contribution in [0.1, 0.15) is 30.6 Å². The Hall–Kier alpha value is -2.67. The van der Waals surface area contributed by atoms with E-state index in [1.807, 2.05) is 30.9 Å². The Kier molecular flexibility index (Phi) is 5.91. The van der Waals surface area contributed by atoms with E-state index in [9.17, 15) is 14.4 Å². The van der Waals surface area contributed by atoms with Crippen molar-refractivity contribution in [2.45, 2.75) is 26.3 Å². The van der Waals surface area contributed by atoms with Crippen LogP contribution in [0.15, 0.2) is 39.5 Å². The summed E-state index contributed by atoms with van der Waals surface area (Å²) >= 11 is 0. The van der Waals surface area contributed by atoms with Gasteiger partial charge in [0.25, 0.3) is 5.91 Å². The first-order chi connectivity index (χ1) is 13.0. The molecule has 1 aromatic carbocycles. The molecule has 144 valence electrons. The van der Waals surface area contributed by atoms with Gasteiger partial charge in [-0.2, -0.15) is 0 Å². The maximum Gasteiger partial charge on any atom is 0.349 e. The molecule has 1 aliphatic heterocycles. The number of hydrogen-bond donors (Lipinski definition) is 1. The van der Waals surface area contributed by atoms with Gasteiger partial charge in [-0.25, -0.2) is 4.79 Å². The maximum absolute atomic E-state index is 12.7. The first kappa shape index (κ1) is 19.1. The van der Waals surface area contributed by atoms with Gasteiger partial charge in [0, 0.05) is 37.6 Å². The summed E-state index contributed by atoms with van der Waals surface area (Å²) in [4.78, 5) is 40.6. The molecule has 1 aliphatic rings. The van der Waals surface area contributed by atoms with Crippen LogP contribution in [0, 0.1) is 0 Å². The Morgan fingerprint density at radius 2 is 1.89 bits per heavy atom. The summed E-state index contributed by atoms with van der Waals surface area (Å²) in [6.07, 6.45) is 0.891. The van der Waals surface area contributed by atoms with E-state index in [0.717, 1.165) is 11.8 Å². The summed E-state index contributed by atoms with van der Waals surface area (Å²) in [5.41, 5.74) is -0.0955. The van der Waals surface area contributed by atoms with Crippen molar-refractivity contribution in [3.8, 4) is 0 Å². The molecule has 2 aromatic rings. The van der Waals surface area contributed by atoms with Gasteiger partial charge in [0.15, 0.2) is 0 Å². The number of rotatable bonds is 5. The van der Waals surface area contributed by atoms with E-state index in [0.29, 0.717) is 38.3 Å². The smallest absolute Gasteiger partial charge is 0.349 e. The van der Waals surface area contributed by atoms with Crippen LogP contribution in [0.5, 0.6) is 0 Å². The number of carbonyl (C=O) groups is 2. The zero-order valence-electron chi connectivity index (χ0n) is 15.7. The van der Waals surface area contributed by atoms with Crippen LogP contribution >= 0.6 is 0 Å². The van der Waals surface area contributed by atoms with E-state index in [4.69, 9.17) is 4.42 Å². The van der Waals surface area contributed by atoms with E-state index in [1.54, 1.807) is 23.1 Å². The van der Waals surface area contributed by atoms with Crippen LogP contribution < -0.4 is 10.9 Å². The molecule has 0 aliphatic carbocycles. The average Bonchev–Trinajstić information content (AvgIpc) is 2.67. The van der Waals surface area contributed by atoms with E-state index in [2.05, 4.69) is 5.32 Å². The fourth-order valence-corrected chi connectivity index (χ4v) is 3.12. The lowest BCUT2D eigenvalue weighted by molar-refractivity contribution is -0.123. The number of para-hydroxylation sites is 1. The highest BCUT2D eigenvalue weighted by Crippen LogP contribution is 2.14. The van der Waals surface area contributed by atoms with Gasteiger partial charge in [-0.1, -0.05) is 25.1 Å². The number of amides is 2. The Morgan fingerprint density at radius 3 is 2.59 bits per heavy atom. The molecule has 1 saturated heterocycles. The molecule has 27 heavy (non-hydrogen) atoms. The number of piperazine rings is 1. The second kappa shape index (κ2) is 8.35. The summed E-state index contributed by atoms with van der Waals surface area (Å²) in [7, 11) is 0. The zero-order valence-corrected chi connectivity index (χ0v) is 15.7. The fraction of sp³-hybridized carbons (Fsp3) is 0.450. The molecule has 0 saturated carbocycles. The maximum atomic E-state index is 12.7. The van der Waals surface area contributed by atoms with Gasteiger partial charge in [-0.05, 0) is 25.5 Å². The number of hydrogen-bond acceptors (Lipinski definition) is 5. The Bertz CT molecular complexity index is 884. The molecule has 1 aromatic heterocycles. The average molecular weight is 371 g/mol. The molecule has 0 radical (unpaired) electrons. The molecule has 1 N–H and O–H groups in total. The minimum absolute atomic E-state index is 0.000648. The van der Waals surface area contributed by atoms with Crippen molar-refractivity contribution in [1.82, 2.24) is 15.1 Å². The van der Waals surface area contributed by atoms with E-state index < -0.39 is 5.63 Å². The summed E-state index contributed by atoms with van der Waals surface area (Å²) < 4.78 is 5.26. The Labute approximate surface area is 157 Å². The first-order valence-corrected chi connectivity index (χ1v) is 9.32. The topological polar surface area (TPSA) is 82.9 Å². The van der Waals surface area contributed by atoms with Gasteiger partial charge in [-0.3, -0.25) is 14.5 Å². The zero-order chi connectivity index (χ0) is 19.4. The molecule has 1 fully saturated rings. The van der Waals surface area contributed by atoms with E-state index in [-0.39, 0.29) is 23.4 Å². The van der Waals surface area contributed by atoms with Crippen LogP contribution in [0.25, 0.3) is 11.0 Å². The third-order valence-electron chi connectivity index (χ3n) is 4.92. The van der Waals surface area contributed by atoms with Crippen LogP contribution in [0.4, 0.5) is 0 Å². The number of benzene rings is 1. The third kappa shape index (κ3) is 4.54. The molecule has 7 nitrogen and oxygen atoms in total. The quantitative estimate of drug-likeness (QED) is 0.805. The van der Waals surface area contributed by atoms with Crippen LogP contribution in [-0.2, 0) is 4.79 Å². The molecule has 2 heterocycles. The van der Waals surface area contributed by atoms with Gasteiger partial charge in [-0.15, -0.1) is 0 Å². The molecule has 1 unspecified atom stereocenters. The van der Waals surface area contributed by atoms with Gasteiger partial charge >= 0.3 is 5.63 Å². The van der Waals surface area contributed by atoms with Crippen LogP contribution in [-0.4, -0.2) is 60.4 Å². The molecular formula is C20H25N3O4. The highest BCUT2D eigenvalue weighted by molar-refractivity contribution is 5.96. The second-order valence-electron chi connectivity index (χ2n) is 6.93. The molecule has 3 rings (SSSR count). The van der Waals surface area contributed by atoms with E-state index in [1.165, 1.54) is 0 Å². The summed E-state index contributed by atoms with van der Waals surface area (Å²) in [5, 5.41) is 3.67. The molecule has 2 amide bonds. The SMILES string of the molecule is CCC(C)NC(=O)CN1CCN(C(=O)c2cc3ccccc3oc2=O)CC1. The second-order valence-corrected chi connectivity index (χ2v) is 6.93. The lowest BCUT2D eigenvalue weighted by Gasteiger charge is -2.34. The van der Waals surface area contributed by atoms with Gasteiger partial charge in [0.05, 0.1) is 6.54 Å². The minimum atomic E-state index is -0.617. The van der Waals surface area contributed by atoms with Crippen LogP contribution in [0.3, 0.4) is 0 Å². The predicted molar refractivity (Wildman–Crippen MR) is 103 cm³/mol. The first-order valence-electron chi connectivity index (χ1n) is 9.32. The minimum Gasteiger partial charge on any atom is -0.422 e. The van der Waals surface area contributed by atoms with Gasteiger partial charge < -0.3 is 14.6 Å². The number of fused-ring (bicyclic) bond motifs is 1. The van der Waals surface area contributed by atoms with Gasteiger partial charge in [0.2, 0.25) is 5.91 Å². The Morgan fingerprint density at radius 1 is 1.19 bits per heavy atom. The predicted octanol–water partition coefficient (Wildman–Crippen LogP) is 1.47. The highest BCUT2D eigenvalue weighted by Gasteiger charge is 2.25. The summed E-state index contributed by atoms with van der Waals surface area (Å²) in [6.45, 7) is 6.47. The molecular weight excluding hydrogens is 346 g/mol. The summed E-state index contributed by atoms with van der Waals surface area (Å²) in [5.74, 6) is -0.322. The van der Waals surface area contributed by atoms with Crippen molar-refractivity contribution in [2.75, 3.05) is 32.7 Å². The number of carbonyl (C=O) groups excluding carboxylic acids is 2. The highest BCUT2D eigenvalue weighted by atomic mass is 16.4. The number of nitrogens with one attached hydrogen (secondary N) is 1. The summed E-state index contributed by atoms with van der Waals surface area (Å²) in [6, 6.07) is 8.88. The normalized spacial score (nSPS) is 16.3. The van der Waals surface area contributed by atoms with Crippen molar-refractivity contribution in [1.29, 1.82) is 0 Å². The van der Waals surface area contributed by atoms with Crippen molar-refractivity contribution in [2.24, 2.45) is 0 Å². The monoisotopic (exact) mass is 371 g/mol. The molecule has 1 atom stereocenters. The number of nitrogens with zero attached hydrogens (tertiary/aromatic N) is 2. The van der Waals surface area contributed by atoms with Crippen LogP contribution in [0.2, 0.25) is 0 Å². The van der Waals surface area contributed by atoms with Crippen molar-refractivity contribution in [3.05, 3.63) is 46.3 Å². The molecule has 0 spiro atoms.